The highest BCUT2D eigenvalue weighted by Gasteiger charge is 2.48. The van der Waals surface area contributed by atoms with E-state index in [4.69, 9.17) is 4.74 Å². The minimum atomic E-state index is -0.932. The van der Waals surface area contributed by atoms with E-state index in [1.54, 1.807) is 60.7 Å². The molecule has 7 nitrogen and oxygen atoms in total. The third kappa shape index (κ3) is 6.70. The Bertz CT molecular complexity index is 1890. The Hall–Kier alpha value is -4.32. The van der Waals surface area contributed by atoms with Crippen molar-refractivity contribution >= 4 is 61.6 Å². The van der Waals surface area contributed by atoms with Gasteiger partial charge in [0.25, 0.3) is 5.78 Å². The van der Waals surface area contributed by atoms with Crippen molar-refractivity contribution in [2.75, 3.05) is 4.90 Å². The lowest BCUT2D eigenvalue weighted by molar-refractivity contribution is -0.132. The van der Waals surface area contributed by atoms with Gasteiger partial charge in [0.15, 0.2) is 4.34 Å². The standard InChI is InChI=1S/C34H25BrFN3O4S2/c1-20-4-2-3-5-24(20)18-43-27-16-10-23(11-17-27)30(40)28-29(22-8-12-25(35)13-9-22)39(32(42)31(28)41)33-37-38-34(45-33)44-19-21-6-14-26(36)15-7-21/h2-17,29,40H,18-19H2,1H3. The van der Waals surface area contributed by atoms with Gasteiger partial charge in [0.05, 0.1) is 11.6 Å². The van der Waals surface area contributed by atoms with E-state index in [0.29, 0.717) is 33.6 Å². The molecular weight excluding hydrogens is 677 g/mol. The number of Topliss-reactive ketones (excluding diaryl/α,β-unsaturated/α-hetero) is 1. The number of hydrogen-bond donors (Lipinski definition) is 1. The monoisotopic (exact) mass is 701 g/mol. The molecule has 1 aliphatic heterocycles. The zero-order chi connectivity index (χ0) is 31.5. The van der Waals surface area contributed by atoms with E-state index in [2.05, 4.69) is 26.1 Å². The molecule has 2 heterocycles. The molecule has 45 heavy (non-hydrogen) atoms. The molecule has 1 saturated heterocycles. The summed E-state index contributed by atoms with van der Waals surface area (Å²) in [5.41, 5.74) is 4.02. The van der Waals surface area contributed by atoms with E-state index in [-0.39, 0.29) is 22.3 Å². The highest BCUT2D eigenvalue weighted by atomic mass is 79.9. The van der Waals surface area contributed by atoms with E-state index in [9.17, 15) is 19.1 Å². The second-order valence-electron chi connectivity index (χ2n) is 10.2. The Kier molecular flexibility index (Phi) is 9.11. The van der Waals surface area contributed by atoms with Crippen molar-refractivity contribution in [1.82, 2.24) is 10.2 Å². The average molecular weight is 703 g/mol. The van der Waals surface area contributed by atoms with Crippen LogP contribution in [0.5, 0.6) is 5.75 Å². The van der Waals surface area contributed by atoms with Crippen molar-refractivity contribution < 1.29 is 23.8 Å². The Morgan fingerprint density at radius 2 is 1.69 bits per heavy atom. The van der Waals surface area contributed by atoms with Crippen molar-refractivity contribution in [2.45, 2.75) is 29.7 Å². The average Bonchev–Trinajstić information content (AvgIpc) is 3.62. The Morgan fingerprint density at radius 3 is 2.40 bits per heavy atom. The third-order valence-electron chi connectivity index (χ3n) is 7.29. The molecule has 226 valence electrons. The Balaban J connectivity index is 1.29. The lowest BCUT2D eigenvalue weighted by Gasteiger charge is -2.22. The van der Waals surface area contributed by atoms with Crippen LogP contribution in [0.15, 0.2) is 111 Å². The predicted octanol–water partition coefficient (Wildman–Crippen LogP) is 8.25. The minimum absolute atomic E-state index is 0.0494. The molecule has 1 fully saturated rings. The van der Waals surface area contributed by atoms with Crippen LogP contribution in [0.1, 0.15) is 33.9 Å². The number of aryl methyl sites for hydroxylation is 1. The van der Waals surface area contributed by atoms with E-state index in [1.165, 1.54) is 40.1 Å². The number of carbonyl (C=O) groups is 2. The molecule has 1 amide bonds. The number of amides is 1. The molecule has 0 saturated carbocycles. The maximum absolute atomic E-state index is 13.5. The van der Waals surface area contributed by atoms with Gasteiger partial charge in [-0.05, 0) is 77.7 Å². The largest absolute Gasteiger partial charge is 0.507 e. The number of benzene rings is 4. The molecule has 4 aromatic carbocycles. The van der Waals surface area contributed by atoms with Crippen LogP contribution < -0.4 is 9.64 Å². The topological polar surface area (TPSA) is 92.6 Å². The number of ether oxygens (including phenoxy) is 1. The molecule has 1 aliphatic rings. The number of aliphatic hydroxyl groups excluding tert-OH is 1. The highest BCUT2D eigenvalue weighted by molar-refractivity contribution is 9.10. The van der Waals surface area contributed by atoms with Gasteiger partial charge in [0.2, 0.25) is 5.13 Å². The molecule has 5 aromatic rings. The zero-order valence-electron chi connectivity index (χ0n) is 23.8. The van der Waals surface area contributed by atoms with E-state index >= 15 is 0 Å². The lowest BCUT2D eigenvalue weighted by Crippen LogP contribution is -2.29. The number of thioether (sulfide) groups is 1. The molecule has 0 spiro atoms. The zero-order valence-corrected chi connectivity index (χ0v) is 27.0. The lowest BCUT2D eigenvalue weighted by atomic mass is 9.95. The quantitative estimate of drug-likeness (QED) is 0.0544. The summed E-state index contributed by atoms with van der Waals surface area (Å²) in [5, 5.41) is 20.2. The van der Waals surface area contributed by atoms with Gasteiger partial charge in [-0.2, -0.15) is 0 Å². The van der Waals surface area contributed by atoms with Crippen molar-refractivity contribution in [1.29, 1.82) is 0 Å². The summed E-state index contributed by atoms with van der Waals surface area (Å²) in [7, 11) is 0. The maximum Gasteiger partial charge on any atom is 0.301 e. The van der Waals surface area contributed by atoms with E-state index < -0.39 is 17.7 Å². The van der Waals surface area contributed by atoms with Crippen molar-refractivity contribution in [2.24, 2.45) is 0 Å². The van der Waals surface area contributed by atoms with Crippen LogP contribution in [0, 0.1) is 12.7 Å². The van der Waals surface area contributed by atoms with Gasteiger partial charge in [0, 0.05) is 15.8 Å². The number of anilines is 1. The molecule has 1 aromatic heterocycles. The van der Waals surface area contributed by atoms with Gasteiger partial charge in [-0.25, -0.2) is 4.39 Å². The number of hydrogen-bond acceptors (Lipinski definition) is 8. The van der Waals surface area contributed by atoms with Crippen LogP contribution in [0.4, 0.5) is 9.52 Å². The fraction of sp³-hybridized carbons (Fsp3) is 0.118. The van der Waals surface area contributed by atoms with E-state index in [0.717, 1.165) is 21.2 Å². The summed E-state index contributed by atoms with van der Waals surface area (Å²) < 4.78 is 20.6. The van der Waals surface area contributed by atoms with Crippen LogP contribution in [-0.2, 0) is 21.9 Å². The first-order valence-electron chi connectivity index (χ1n) is 13.8. The van der Waals surface area contributed by atoms with Crippen LogP contribution in [-0.4, -0.2) is 27.0 Å². The summed E-state index contributed by atoms with van der Waals surface area (Å²) in [6.07, 6.45) is 0. The fourth-order valence-corrected chi connectivity index (χ4v) is 6.96. The smallest absolute Gasteiger partial charge is 0.301 e. The molecule has 1 atom stereocenters. The highest BCUT2D eigenvalue weighted by Crippen LogP contribution is 2.44. The van der Waals surface area contributed by atoms with Crippen LogP contribution in [0.2, 0.25) is 0 Å². The molecule has 0 aliphatic carbocycles. The third-order valence-corrected chi connectivity index (χ3v) is 9.95. The molecule has 1 unspecified atom stereocenters. The summed E-state index contributed by atoms with van der Waals surface area (Å²) in [6, 6.07) is 27.1. The predicted molar refractivity (Wildman–Crippen MR) is 177 cm³/mol. The van der Waals surface area contributed by atoms with Crippen molar-refractivity contribution in [3.05, 3.63) is 141 Å². The summed E-state index contributed by atoms with van der Waals surface area (Å²) in [4.78, 5) is 28.3. The first-order chi connectivity index (χ1) is 21.8. The molecule has 0 bridgehead atoms. The molecule has 1 N–H and O–H groups in total. The second-order valence-corrected chi connectivity index (χ2v) is 13.3. The van der Waals surface area contributed by atoms with Crippen molar-refractivity contribution in [3.63, 3.8) is 0 Å². The van der Waals surface area contributed by atoms with Gasteiger partial charge >= 0.3 is 5.91 Å². The molecular formula is C34H25BrFN3O4S2. The van der Waals surface area contributed by atoms with Crippen LogP contribution in [0.3, 0.4) is 0 Å². The van der Waals surface area contributed by atoms with E-state index in [1.807, 2.05) is 31.2 Å². The van der Waals surface area contributed by atoms with Gasteiger partial charge in [0.1, 0.15) is 23.9 Å². The van der Waals surface area contributed by atoms with Crippen LogP contribution in [0.25, 0.3) is 5.76 Å². The normalized spacial score (nSPS) is 15.9. The van der Waals surface area contributed by atoms with Gasteiger partial charge in [-0.3, -0.25) is 14.5 Å². The van der Waals surface area contributed by atoms with Gasteiger partial charge in [-0.15, -0.1) is 10.2 Å². The fourth-order valence-electron chi connectivity index (χ4n) is 4.87. The number of aromatic nitrogens is 2. The number of aliphatic hydroxyl groups is 1. The molecule has 0 radical (unpaired) electrons. The number of nitrogens with zero attached hydrogens (tertiary/aromatic N) is 3. The number of ketones is 1. The Morgan fingerprint density at radius 1 is 0.978 bits per heavy atom. The summed E-state index contributed by atoms with van der Waals surface area (Å²) >= 11 is 5.99. The first kappa shape index (κ1) is 30.7. The SMILES string of the molecule is Cc1ccccc1COc1ccc(C(O)=C2C(=O)C(=O)N(c3nnc(SCc4ccc(F)cc4)s3)C2c2ccc(Br)cc2)cc1. The second kappa shape index (κ2) is 13.4. The van der Waals surface area contributed by atoms with Gasteiger partial charge < -0.3 is 9.84 Å². The summed E-state index contributed by atoms with van der Waals surface area (Å²) in [6.45, 7) is 2.41. The number of carbonyl (C=O) groups excluding carboxylic acids is 2. The van der Waals surface area contributed by atoms with Crippen LogP contribution >= 0.6 is 39.0 Å². The Labute approximate surface area is 275 Å². The molecule has 6 rings (SSSR count). The molecule has 11 heteroatoms. The maximum atomic E-state index is 13.5. The van der Waals surface area contributed by atoms with Gasteiger partial charge in [-0.1, -0.05) is 87.6 Å². The number of halogens is 2. The minimum Gasteiger partial charge on any atom is -0.507 e. The first-order valence-corrected chi connectivity index (χ1v) is 16.4. The summed E-state index contributed by atoms with van der Waals surface area (Å²) in [5.74, 6) is -1.13. The number of rotatable bonds is 9. The van der Waals surface area contributed by atoms with Crippen molar-refractivity contribution in [3.8, 4) is 5.75 Å².